The third kappa shape index (κ3) is 72.9. The fraction of sp³-hybridized carbons (Fsp3) is 1.00. The van der Waals surface area contributed by atoms with Crippen molar-refractivity contribution in [2.75, 3.05) is 55.5 Å². The molecule has 4 N–H and O–H groups in total. The third-order valence-electron chi connectivity index (χ3n) is 7.45. The fourth-order valence-electron chi connectivity index (χ4n) is 4.44. The molecule has 0 aromatic rings. The highest BCUT2D eigenvalue weighted by molar-refractivity contribution is 7.79. The van der Waals surface area contributed by atoms with Gasteiger partial charge in [-0.3, -0.25) is 13.7 Å². The van der Waals surface area contributed by atoms with Gasteiger partial charge in [0.15, 0.2) is 0 Å². The molecular formula is C36H86O7P4S. The SMILES string of the molecule is CCCCP(CCCC)CCCC.CCCCP(CCCC)CCCC.CCCCP(CCCC)CCCC.O=S(=O)(O)O.O=[PH](O)O. The zero-order valence-corrected chi connectivity index (χ0v) is 37.9. The van der Waals surface area contributed by atoms with Crippen molar-refractivity contribution in [3.63, 3.8) is 0 Å². The first-order valence-electron chi connectivity index (χ1n) is 19.6. The Bertz CT molecular complexity index is 563. The van der Waals surface area contributed by atoms with Crippen LogP contribution in [0.4, 0.5) is 0 Å². The standard InChI is InChI=1S/3C12H27P.H2O4S.H3O3P/c3*1-4-7-10-13(11-8-5-2)12-9-6-3;1-5(2,3)4;1-4(2)3/h3*4-12H2,1-3H3;(H2,1,2,3,4);4H,(H2,1,2,3). The summed E-state index contributed by atoms with van der Waals surface area (Å²) < 4.78 is 40.3. The molecule has 0 aliphatic heterocycles. The van der Waals surface area contributed by atoms with Crippen LogP contribution in [0.2, 0.25) is 0 Å². The molecule has 0 fully saturated rings. The molecule has 0 rings (SSSR count). The van der Waals surface area contributed by atoms with Gasteiger partial charge in [-0.05, 0) is 113 Å². The molecule has 7 nitrogen and oxygen atoms in total. The molecule has 0 spiro atoms. The van der Waals surface area contributed by atoms with Crippen molar-refractivity contribution in [3.8, 4) is 0 Å². The molecule has 0 radical (unpaired) electrons. The van der Waals surface area contributed by atoms with E-state index in [1.54, 1.807) is 55.5 Å². The van der Waals surface area contributed by atoms with E-state index in [1.807, 2.05) is 0 Å². The first-order chi connectivity index (χ1) is 22.8. The van der Waals surface area contributed by atoms with Crippen molar-refractivity contribution in [2.24, 2.45) is 0 Å². The smallest absolute Gasteiger partial charge is 0.326 e. The lowest BCUT2D eigenvalue weighted by Crippen LogP contribution is -1.95. The molecule has 0 heterocycles. The lowest BCUT2D eigenvalue weighted by Gasteiger charge is -2.16. The Morgan fingerprint density at radius 1 is 0.375 bits per heavy atom. The fourth-order valence-corrected chi connectivity index (χ4v) is 13.3. The molecule has 0 aromatic heterocycles. The summed E-state index contributed by atoms with van der Waals surface area (Å²) in [5.41, 5.74) is 0. The summed E-state index contributed by atoms with van der Waals surface area (Å²) in [6.07, 6.45) is 39.6. The van der Waals surface area contributed by atoms with Gasteiger partial charge >= 0.3 is 18.7 Å². The van der Waals surface area contributed by atoms with Gasteiger partial charge in [-0.15, -0.1) is 23.8 Å². The summed E-state index contributed by atoms with van der Waals surface area (Å²) in [4.78, 5) is 14.3. The predicted molar refractivity (Wildman–Crippen MR) is 226 cm³/mol. The van der Waals surface area contributed by atoms with Gasteiger partial charge in [0.2, 0.25) is 0 Å². The highest BCUT2D eigenvalue weighted by Crippen LogP contribution is 2.40. The van der Waals surface area contributed by atoms with Gasteiger partial charge < -0.3 is 9.79 Å². The van der Waals surface area contributed by atoms with E-state index in [0.717, 1.165) is 0 Å². The minimum absolute atomic E-state index is 0.422. The topological polar surface area (TPSA) is 132 Å². The van der Waals surface area contributed by atoms with E-state index in [1.165, 1.54) is 116 Å². The Morgan fingerprint density at radius 2 is 0.458 bits per heavy atom. The van der Waals surface area contributed by atoms with Crippen LogP contribution >= 0.6 is 32.0 Å². The summed E-state index contributed by atoms with van der Waals surface area (Å²) in [6, 6.07) is 0. The Kier molecular flexibility index (Phi) is 61.6. The number of unbranched alkanes of at least 4 members (excludes halogenated alkanes) is 9. The van der Waals surface area contributed by atoms with Crippen LogP contribution in [0.1, 0.15) is 178 Å². The Balaban J connectivity index is -0.000000171. The molecule has 0 amide bonds. The summed E-state index contributed by atoms with van der Waals surface area (Å²) >= 11 is 0. The first kappa shape index (κ1) is 58.6. The molecule has 0 saturated heterocycles. The maximum absolute atomic E-state index is 8.74. The number of hydrogen-bond donors (Lipinski definition) is 4. The van der Waals surface area contributed by atoms with E-state index in [9.17, 15) is 0 Å². The highest BCUT2D eigenvalue weighted by atomic mass is 32.3. The lowest BCUT2D eigenvalue weighted by atomic mass is 10.4. The molecule has 0 atom stereocenters. The first-order valence-corrected chi connectivity index (χ1v) is 28.0. The van der Waals surface area contributed by atoms with Gasteiger partial charge in [-0.1, -0.05) is 120 Å². The average Bonchev–Trinajstić information content (AvgIpc) is 3.03. The molecule has 12 heteroatoms. The molecule has 48 heavy (non-hydrogen) atoms. The summed E-state index contributed by atoms with van der Waals surface area (Å²) in [5.74, 6) is 0. The van der Waals surface area contributed by atoms with Gasteiger partial charge in [0.1, 0.15) is 0 Å². The largest absolute Gasteiger partial charge is 0.394 e. The molecular weight excluding hydrogens is 700 g/mol. The Labute approximate surface area is 306 Å². The van der Waals surface area contributed by atoms with Crippen molar-refractivity contribution in [1.29, 1.82) is 0 Å². The molecule has 0 aliphatic rings. The summed E-state index contributed by atoms with van der Waals surface area (Å²) in [7, 11) is -6.53. The number of hydrogen-bond acceptors (Lipinski definition) is 3. The van der Waals surface area contributed by atoms with E-state index in [0.29, 0.717) is 23.8 Å². The molecule has 0 aliphatic carbocycles. The van der Waals surface area contributed by atoms with Crippen molar-refractivity contribution < 1.29 is 31.9 Å². The van der Waals surface area contributed by atoms with E-state index >= 15 is 0 Å². The molecule has 298 valence electrons. The zero-order valence-electron chi connectivity index (χ0n) is 33.4. The van der Waals surface area contributed by atoms with Crippen LogP contribution in [0.15, 0.2) is 0 Å². The predicted octanol–water partition coefficient (Wildman–Crippen LogP) is 13.3. The van der Waals surface area contributed by atoms with E-state index in [-0.39, 0.29) is 0 Å². The summed E-state index contributed by atoms with van der Waals surface area (Å²) in [5, 5.41) is 0. The van der Waals surface area contributed by atoms with Crippen molar-refractivity contribution in [1.82, 2.24) is 0 Å². The van der Waals surface area contributed by atoms with Gasteiger partial charge in [0.25, 0.3) is 0 Å². The van der Waals surface area contributed by atoms with Gasteiger partial charge in [-0.2, -0.15) is 8.42 Å². The molecule has 0 aromatic carbocycles. The van der Waals surface area contributed by atoms with Crippen LogP contribution in [0.3, 0.4) is 0 Å². The average molecular weight is 787 g/mol. The number of rotatable bonds is 27. The second-order valence-electron chi connectivity index (χ2n) is 12.4. The zero-order chi connectivity index (χ0) is 37.9. The maximum Gasteiger partial charge on any atom is 0.394 e. The van der Waals surface area contributed by atoms with E-state index in [2.05, 4.69) is 62.3 Å². The van der Waals surface area contributed by atoms with Crippen LogP contribution in [0.25, 0.3) is 0 Å². The molecule has 0 unspecified atom stereocenters. The maximum atomic E-state index is 8.74. The normalized spacial score (nSPS) is 10.9. The van der Waals surface area contributed by atoms with Gasteiger partial charge in [-0.25, -0.2) is 0 Å². The van der Waals surface area contributed by atoms with Crippen molar-refractivity contribution in [2.45, 2.75) is 178 Å². The molecule has 0 bridgehead atoms. The van der Waals surface area contributed by atoms with Gasteiger partial charge in [0, 0.05) is 0 Å². The van der Waals surface area contributed by atoms with Crippen LogP contribution in [-0.4, -0.2) is 82.8 Å². The Morgan fingerprint density at radius 3 is 0.521 bits per heavy atom. The highest BCUT2D eigenvalue weighted by Gasteiger charge is 2.07. The minimum Gasteiger partial charge on any atom is -0.326 e. The van der Waals surface area contributed by atoms with E-state index < -0.39 is 18.7 Å². The quantitative estimate of drug-likeness (QED) is 0.0481. The monoisotopic (exact) mass is 787 g/mol. The summed E-state index contributed by atoms with van der Waals surface area (Å²) in [6.45, 7) is 20.8. The Hall–Kier alpha value is 1.31. The van der Waals surface area contributed by atoms with Crippen LogP contribution < -0.4 is 0 Å². The third-order valence-corrected chi connectivity index (χ3v) is 16.0. The minimum atomic E-state index is -4.67. The van der Waals surface area contributed by atoms with Crippen molar-refractivity contribution in [3.05, 3.63) is 0 Å². The van der Waals surface area contributed by atoms with E-state index in [4.69, 9.17) is 31.9 Å². The van der Waals surface area contributed by atoms with Crippen LogP contribution in [0, 0.1) is 0 Å². The van der Waals surface area contributed by atoms with Crippen molar-refractivity contribution >= 4 is 42.4 Å². The second kappa shape index (κ2) is 50.4. The lowest BCUT2D eigenvalue weighted by molar-refractivity contribution is 0.380. The van der Waals surface area contributed by atoms with Crippen LogP contribution in [0.5, 0.6) is 0 Å². The van der Waals surface area contributed by atoms with Gasteiger partial charge in [0.05, 0.1) is 0 Å². The second-order valence-corrected chi connectivity index (χ2v) is 21.9. The van der Waals surface area contributed by atoms with Crippen LogP contribution in [-0.2, 0) is 15.0 Å². The molecule has 0 saturated carbocycles.